The average Bonchev–Trinajstić information content (AvgIpc) is 4.11. The third-order valence-electron chi connectivity index (χ3n) is 22.1. The molecule has 66 heavy (non-hydrogen) atoms. The lowest BCUT2D eigenvalue weighted by atomic mass is 9.38. The van der Waals surface area contributed by atoms with Gasteiger partial charge in [-0.15, -0.1) is 0 Å². The molecule has 18 rings (SSSR count). The molecule has 8 aliphatic carbocycles. The van der Waals surface area contributed by atoms with Gasteiger partial charge in [-0.3, -0.25) is 0 Å². The lowest BCUT2D eigenvalue weighted by molar-refractivity contribution is -0.175. The minimum atomic E-state index is 0.0447. The van der Waals surface area contributed by atoms with Crippen LogP contribution in [0.15, 0.2) is 146 Å². The molecule has 3 heteroatoms. The van der Waals surface area contributed by atoms with Crippen molar-refractivity contribution in [3.63, 3.8) is 0 Å². The molecule has 0 amide bonds. The summed E-state index contributed by atoms with van der Waals surface area (Å²) in [5, 5.41) is 3.05. The van der Waals surface area contributed by atoms with Gasteiger partial charge in [-0.05, 0) is 232 Å². The average molecular weight is 849 g/mol. The third-order valence-corrected chi connectivity index (χ3v) is 22.1. The Bertz CT molecular complexity index is 3490. The van der Waals surface area contributed by atoms with Crippen LogP contribution in [0.2, 0.25) is 0 Å². The highest BCUT2D eigenvalue weighted by atomic mass is 15.2. The molecule has 10 aliphatic rings. The Morgan fingerprint density at radius 2 is 1.08 bits per heavy atom. The smallest absolute Gasteiger partial charge is 0.333 e. The summed E-state index contributed by atoms with van der Waals surface area (Å²) in [6.45, 7) is 2.39. The molecular weight excluding hydrogens is 796 g/mol. The van der Waals surface area contributed by atoms with E-state index in [1.165, 1.54) is 153 Å². The normalized spacial score (nSPS) is 34.3. The standard InChI is InChI=1S/C63H53BN2/c1-36-20-51-53-29-42(61-32-47-25-44-26-48(33-61)63(44,47)35-61)28-52-50-27-41(60-30-45-23-43-24-46(31-60)62(43,45)34-60)15-19-55(50)66(59(52)53)64-54-22-40(38-10-6-3-7-11-38)14-18-56(54)65(57(21-36)58(51)64)49-16-12-39(13-17-49)37-8-4-2-5-9-37/h2-22,27-29,43-48H,23-26,30-35H2,1H3. The van der Waals surface area contributed by atoms with Crippen LogP contribution < -0.4 is 15.8 Å². The maximum atomic E-state index is 2.87. The molecule has 4 atom stereocenters. The molecule has 7 aromatic carbocycles. The number of rotatable bonds is 5. The van der Waals surface area contributed by atoms with Gasteiger partial charge in [-0.1, -0.05) is 97.1 Å². The van der Waals surface area contributed by atoms with E-state index in [9.17, 15) is 0 Å². The number of hydrogen-bond donors (Lipinski definition) is 0. The minimum absolute atomic E-state index is 0.0447. The molecule has 8 saturated carbocycles. The first kappa shape index (κ1) is 35.4. The van der Waals surface area contributed by atoms with E-state index >= 15 is 0 Å². The summed E-state index contributed by atoms with van der Waals surface area (Å²) in [6.07, 6.45) is 14.6. The fraction of sp³-hybridized carbons (Fsp3) is 0.333. The predicted molar refractivity (Wildman–Crippen MR) is 271 cm³/mol. The first-order valence-corrected chi connectivity index (χ1v) is 25.8. The van der Waals surface area contributed by atoms with Crippen LogP contribution in [0.4, 0.5) is 17.1 Å². The Morgan fingerprint density at radius 1 is 0.485 bits per heavy atom. The van der Waals surface area contributed by atoms with E-state index in [-0.39, 0.29) is 6.85 Å². The van der Waals surface area contributed by atoms with Gasteiger partial charge in [0.1, 0.15) is 0 Å². The zero-order chi connectivity index (χ0) is 42.6. The highest BCUT2D eigenvalue weighted by molar-refractivity contribution is 6.90. The van der Waals surface area contributed by atoms with Crippen LogP contribution in [-0.2, 0) is 10.8 Å². The highest BCUT2D eigenvalue weighted by Gasteiger charge is 2.78. The lowest BCUT2D eigenvalue weighted by Crippen LogP contribution is -2.59. The quantitative estimate of drug-likeness (QED) is 0.157. The van der Waals surface area contributed by atoms with Gasteiger partial charge < -0.3 is 9.38 Å². The maximum Gasteiger partial charge on any atom is 0.333 e. The summed E-state index contributed by atoms with van der Waals surface area (Å²) in [6, 6.07) is 57.5. The van der Waals surface area contributed by atoms with Gasteiger partial charge in [0.2, 0.25) is 0 Å². The molecule has 0 saturated heterocycles. The van der Waals surface area contributed by atoms with Crippen molar-refractivity contribution >= 4 is 56.6 Å². The molecule has 0 radical (unpaired) electrons. The Kier molecular flexibility index (Phi) is 6.06. The van der Waals surface area contributed by atoms with E-state index < -0.39 is 0 Å². The summed E-state index contributed by atoms with van der Waals surface area (Å²) in [7, 11) is 0. The van der Waals surface area contributed by atoms with Crippen molar-refractivity contribution in [1.29, 1.82) is 0 Å². The SMILES string of the molecule is Cc1cc2c3c(c1)N(c1ccc(-c4ccccc4)cc1)c1ccc(-c4ccccc4)cc1B3n1c3ccc(C45CC6CC7CC(C4)C76C5)cc3c3cc(C45CC6CC7CC(C4)C76C5)cc-2c31. The van der Waals surface area contributed by atoms with E-state index in [1.807, 2.05) is 0 Å². The van der Waals surface area contributed by atoms with Crippen LogP contribution in [0.5, 0.6) is 0 Å². The Morgan fingerprint density at radius 3 is 1.71 bits per heavy atom. The van der Waals surface area contributed by atoms with Crippen molar-refractivity contribution in [2.75, 3.05) is 4.90 Å². The van der Waals surface area contributed by atoms with Gasteiger partial charge in [0.15, 0.2) is 0 Å². The molecule has 1 aromatic heterocycles. The van der Waals surface area contributed by atoms with E-state index in [0.717, 1.165) is 35.5 Å². The number of hydrogen-bond acceptors (Lipinski definition) is 1. The first-order valence-electron chi connectivity index (χ1n) is 25.8. The van der Waals surface area contributed by atoms with Gasteiger partial charge in [0.05, 0.1) is 0 Å². The molecule has 4 unspecified atom stereocenters. The minimum Gasteiger partial charge on any atom is -0.375 e. The van der Waals surface area contributed by atoms with Crippen LogP contribution >= 0.6 is 0 Å². The lowest BCUT2D eigenvalue weighted by Gasteiger charge is -2.66. The second-order valence-corrected chi connectivity index (χ2v) is 24.1. The van der Waals surface area contributed by atoms with E-state index in [2.05, 4.69) is 162 Å². The second-order valence-electron chi connectivity index (χ2n) is 24.1. The molecule has 8 fully saturated rings. The van der Waals surface area contributed by atoms with Crippen LogP contribution in [0.25, 0.3) is 55.2 Å². The van der Waals surface area contributed by atoms with Crippen LogP contribution in [0.1, 0.15) is 80.9 Å². The van der Waals surface area contributed by atoms with Crippen LogP contribution in [0.3, 0.4) is 0 Å². The summed E-state index contributed by atoms with van der Waals surface area (Å²) in [5.41, 5.74) is 24.4. The Hall–Kier alpha value is -5.80. The predicted octanol–water partition coefficient (Wildman–Crippen LogP) is 14.0. The summed E-state index contributed by atoms with van der Waals surface area (Å²) < 4.78 is 2.87. The fourth-order valence-electron chi connectivity index (χ4n) is 19.6. The van der Waals surface area contributed by atoms with Gasteiger partial charge in [0.25, 0.3) is 0 Å². The first-order chi connectivity index (χ1) is 32.4. The fourth-order valence-corrected chi connectivity index (χ4v) is 19.6. The van der Waals surface area contributed by atoms with Gasteiger partial charge in [-0.25, -0.2) is 0 Å². The monoisotopic (exact) mass is 848 g/mol. The third kappa shape index (κ3) is 3.86. The van der Waals surface area contributed by atoms with Gasteiger partial charge >= 0.3 is 6.85 Å². The number of anilines is 3. The number of nitrogens with zero attached hydrogens (tertiary/aromatic N) is 2. The summed E-state index contributed by atoms with van der Waals surface area (Å²) in [4.78, 5) is 2.62. The summed E-state index contributed by atoms with van der Waals surface area (Å²) in [5.74, 6) is 5.94. The van der Waals surface area contributed by atoms with Gasteiger partial charge in [0, 0.05) is 44.4 Å². The van der Waals surface area contributed by atoms with Crippen molar-refractivity contribution in [2.45, 2.75) is 82.0 Å². The number of benzene rings is 7. The van der Waals surface area contributed by atoms with Crippen molar-refractivity contribution < 1.29 is 0 Å². The molecule has 8 aromatic rings. The van der Waals surface area contributed by atoms with Crippen LogP contribution in [-0.4, -0.2) is 11.3 Å². The number of aryl methyl sites for hydroxylation is 1. The highest BCUT2D eigenvalue weighted by Crippen LogP contribution is 2.85. The Balaban J connectivity index is 0.911. The largest absolute Gasteiger partial charge is 0.375 e. The van der Waals surface area contributed by atoms with E-state index in [0.29, 0.717) is 21.7 Å². The van der Waals surface area contributed by atoms with E-state index in [1.54, 1.807) is 11.1 Å². The Labute approximate surface area is 388 Å². The van der Waals surface area contributed by atoms with Crippen LogP contribution in [0, 0.1) is 53.3 Å². The van der Waals surface area contributed by atoms with Crippen molar-refractivity contribution in [3.8, 4) is 33.4 Å². The zero-order valence-corrected chi connectivity index (χ0v) is 37.9. The zero-order valence-electron chi connectivity index (χ0n) is 37.9. The number of fused-ring (bicyclic) bond motifs is 9. The second kappa shape index (κ2) is 11.3. The molecule has 2 spiro atoms. The van der Waals surface area contributed by atoms with Crippen molar-refractivity contribution in [1.82, 2.24) is 4.48 Å². The van der Waals surface area contributed by atoms with Gasteiger partial charge in [-0.2, -0.15) is 0 Å². The molecular formula is C63H53BN2. The molecule has 0 N–H and O–H groups in total. The molecule has 4 bridgehead atoms. The van der Waals surface area contributed by atoms with E-state index in [4.69, 9.17) is 0 Å². The summed E-state index contributed by atoms with van der Waals surface area (Å²) >= 11 is 0. The topological polar surface area (TPSA) is 8.17 Å². The van der Waals surface area contributed by atoms with Crippen molar-refractivity contribution in [3.05, 3.63) is 162 Å². The molecule has 3 heterocycles. The van der Waals surface area contributed by atoms with Crippen molar-refractivity contribution in [2.24, 2.45) is 46.3 Å². The molecule has 2 nitrogen and oxygen atoms in total. The molecule has 318 valence electrons. The maximum absolute atomic E-state index is 2.87. The number of aromatic nitrogens is 1. The molecule has 2 aliphatic heterocycles.